The van der Waals surface area contributed by atoms with Crippen LogP contribution in [0.5, 0.6) is 0 Å². The topological polar surface area (TPSA) is 28.2 Å². The van der Waals surface area contributed by atoms with Crippen LogP contribution in [0.4, 0.5) is 5.82 Å². The molecule has 18 heavy (non-hydrogen) atoms. The van der Waals surface area contributed by atoms with Gasteiger partial charge in [0.05, 0.1) is 0 Å². The van der Waals surface area contributed by atoms with Crippen molar-refractivity contribution in [3.05, 3.63) is 23.7 Å². The van der Waals surface area contributed by atoms with Crippen LogP contribution in [0, 0.1) is 0 Å². The zero-order chi connectivity index (χ0) is 13.2. The first kappa shape index (κ1) is 13.3. The molecule has 4 heteroatoms. The normalized spacial score (nSPS) is 12.0. The lowest BCUT2D eigenvalue weighted by Gasteiger charge is -2.24. The highest BCUT2D eigenvalue weighted by Gasteiger charge is 2.11. The molecule has 0 aliphatic rings. The van der Waals surface area contributed by atoms with Crippen LogP contribution < -0.4 is 10.2 Å². The monoisotopic (exact) mass is 263 g/mol. The molecule has 0 unspecified atom stereocenters. The van der Waals surface area contributed by atoms with Gasteiger partial charge in [-0.05, 0) is 38.3 Å². The van der Waals surface area contributed by atoms with E-state index in [1.165, 1.54) is 10.1 Å². The van der Waals surface area contributed by atoms with Crippen molar-refractivity contribution >= 4 is 27.2 Å². The molecule has 0 amide bonds. The molecule has 98 valence electrons. The maximum absolute atomic E-state index is 4.50. The van der Waals surface area contributed by atoms with Crippen LogP contribution in [0.15, 0.2) is 23.7 Å². The van der Waals surface area contributed by atoms with Gasteiger partial charge in [0.15, 0.2) is 0 Å². The molecule has 3 nitrogen and oxygen atoms in total. The van der Waals surface area contributed by atoms with E-state index in [1.54, 1.807) is 11.3 Å². The van der Waals surface area contributed by atoms with Crippen molar-refractivity contribution in [2.24, 2.45) is 0 Å². The lowest BCUT2D eigenvalue weighted by atomic mass is 10.1. The van der Waals surface area contributed by atoms with Crippen molar-refractivity contribution < 1.29 is 0 Å². The predicted octanol–water partition coefficient (Wildman–Crippen LogP) is 3.12. The van der Waals surface area contributed by atoms with Crippen LogP contribution in [0.3, 0.4) is 0 Å². The van der Waals surface area contributed by atoms with Crippen molar-refractivity contribution in [2.45, 2.75) is 26.3 Å². The van der Waals surface area contributed by atoms with Crippen molar-refractivity contribution in [1.29, 1.82) is 0 Å². The molecule has 0 spiro atoms. The Labute approximate surface area is 113 Å². The van der Waals surface area contributed by atoms with Crippen LogP contribution in [-0.2, 0) is 0 Å². The molecule has 0 saturated heterocycles. The van der Waals surface area contributed by atoms with E-state index in [-0.39, 0.29) is 5.54 Å². The number of hydrogen-bond acceptors (Lipinski definition) is 4. The van der Waals surface area contributed by atoms with Gasteiger partial charge < -0.3 is 10.2 Å². The first-order chi connectivity index (χ1) is 8.47. The van der Waals surface area contributed by atoms with Crippen molar-refractivity contribution in [3.63, 3.8) is 0 Å². The molecule has 0 saturated carbocycles. The van der Waals surface area contributed by atoms with Gasteiger partial charge in [-0.1, -0.05) is 0 Å². The smallest absolute Gasteiger partial charge is 0.137 e. The molecule has 0 bridgehead atoms. The first-order valence-corrected chi connectivity index (χ1v) is 7.14. The molecule has 0 fully saturated rings. The Morgan fingerprint density at radius 2 is 2.11 bits per heavy atom. The van der Waals surface area contributed by atoms with E-state index < -0.39 is 0 Å². The molecule has 0 aliphatic carbocycles. The molecule has 2 heterocycles. The highest BCUT2D eigenvalue weighted by molar-refractivity contribution is 7.17. The second-order valence-corrected chi connectivity index (χ2v) is 6.51. The number of rotatable bonds is 4. The Morgan fingerprint density at radius 3 is 2.83 bits per heavy atom. The maximum Gasteiger partial charge on any atom is 0.137 e. The lowest BCUT2D eigenvalue weighted by Crippen LogP contribution is -2.40. The van der Waals surface area contributed by atoms with E-state index in [2.05, 4.69) is 60.5 Å². The fourth-order valence-corrected chi connectivity index (χ4v) is 2.67. The Morgan fingerprint density at radius 1 is 1.33 bits per heavy atom. The summed E-state index contributed by atoms with van der Waals surface area (Å²) in [5, 5.41) is 6.87. The standard InChI is InChI=1S/C14H21N3S/c1-14(2,3)16-8-9-17(4)13-11-6-10-18-12(11)5-7-15-13/h5-7,10,16H,8-9H2,1-4H3. The molecule has 1 N–H and O–H groups in total. The fraction of sp³-hybridized carbons (Fsp3) is 0.500. The second kappa shape index (κ2) is 5.24. The van der Waals surface area contributed by atoms with Crippen LogP contribution in [-0.4, -0.2) is 30.7 Å². The molecule has 0 aromatic carbocycles. The predicted molar refractivity (Wildman–Crippen MR) is 80.6 cm³/mol. The summed E-state index contributed by atoms with van der Waals surface area (Å²) in [6.07, 6.45) is 1.89. The SMILES string of the molecule is CN(CCNC(C)(C)C)c1nccc2sccc12. The van der Waals surface area contributed by atoms with Gasteiger partial charge in [-0.25, -0.2) is 4.98 Å². The van der Waals surface area contributed by atoms with Gasteiger partial charge in [0, 0.05) is 42.0 Å². The van der Waals surface area contributed by atoms with Gasteiger partial charge in [0.1, 0.15) is 5.82 Å². The third-order valence-corrected chi connectivity index (χ3v) is 3.71. The molecular formula is C14H21N3S. The molecule has 0 aliphatic heterocycles. The largest absolute Gasteiger partial charge is 0.358 e. The molecular weight excluding hydrogens is 242 g/mol. The van der Waals surface area contributed by atoms with Crippen molar-refractivity contribution in [3.8, 4) is 0 Å². The Hall–Kier alpha value is -1.13. The van der Waals surface area contributed by atoms with E-state index in [9.17, 15) is 0 Å². The molecule has 2 rings (SSSR count). The van der Waals surface area contributed by atoms with Crippen LogP contribution in [0.1, 0.15) is 20.8 Å². The number of nitrogens with one attached hydrogen (secondary N) is 1. The zero-order valence-electron chi connectivity index (χ0n) is 11.5. The summed E-state index contributed by atoms with van der Waals surface area (Å²) in [5.74, 6) is 1.07. The highest BCUT2D eigenvalue weighted by Crippen LogP contribution is 2.27. The minimum Gasteiger partial charge on any atom is -0.358 e. The quantitative estimate of drug-likeness (QED) is 0.918. The number of anilines is 1. The number of likely N-dealkylation sites (N-methyl/N-ethyl adjacent to an activating group) is 1. The van der Waals surface area contributed by atoms with E-state index >= 15 is 0 Å². The third kappa shape index (κ3) is 3.21. The summed E-state index contributed by atoms with van der Waals surface area (Å²) < 4.78 is 1.30. The number of pyridine rings is 1. The molecule has 2 aromatic rings. The Bertz CT molecular complexity index is 513. The van der Waals surface area contributed by atoms with Gasteiger partial charge >= 0.3 is 0 Å². The van der Waals surface area contributed by atoms with E-state index in [1.807, 2.05) is 6.20 Å². The molecule has 0 radical (unpaired) electrons. The van der Waals surface area contributed by atoms with E-state index in [0.717, 1.165) is 18.9 Å². The summed E-state index contributed by atoms with van der Waals surface area (Å²) in [6, 6.07) is 4.22. The number of nitrogens with zero attached hydrogens (tertiary/aromatic N) is 2. The molecule has 2 aromatic heterocycles. The minimum absolute atomic E-state index is 0.169. The lowest BCUT2D eigenvalue weighted by molar-refractivity contribution is 0.430. The van der Waals surface area contributed by atoms with Gasteiger partial charge in [0.2, 0.25) is 0 Å². The zero-order valence-corrected chi connectivity index (χ0v) is 12.3. The van der Waals surface area contributed by atoms with Gasteiger partial charge in [0.25, 0.3) is 0 Å². The van der Waals surface area contributed by atoms with Crippen LogP contribution in [0.25, 0.3) is 10.1 Å². The summed E-state index contributed by atoms with van der Waals surface area (Å²) in [7, 11) is 2.10. The average molecular weight is 263 g/mol. The van der Waals surface area contributed by atoms with Crippen molar-refractivity contribution in [1.82, 2.24) is 10.3 Å². The summed E-state index contributed by atoms with van der Waals surface area (Å²) in [4.78, 5) is 6.71. The van der Waals surface area contributed by atoms with Gasteiger partial charge in [-0.15, -0.1) is 11.3 Å². The second-order valence-electron chi connectivity index (χ2n) is 5.57. The van der Waals surface area contributed by atoms with Gasteiger partial charge in [-0.3, -0.25) is 0 Å². The Balaban J connectivity index is 2.05. The Kier molecular flexibility index (Phi) is 3.88. The van der Waals surface area contributed by atoms with Gasteiger partial charge in [-0.2, -0.15) is 0 Å². The van der Waals surface area contributed by atoms with Crippen molar-refractivity contribution in [2.75, 3.05) is 25.0 Å². The van der Waals surface area contributed by atoms with E-state index in [4.69, 9.17) is 0 Å². The number of hydrogen-bond donors (Lipinski definition) is 1. The molecule has 0 atom stereocenters. The first-order valence-electron chi connectivity index (χ1n) is 6.26. The summed E-state index contributed by atoms with van der Waals surface area (Å²) in [5.41, 5.74) is 0.169. The maximum atomic E-state index is 4.50. The van der Waals surface area contributed by atoms with Crippen LogP contribution in [0.2, 0.25) is 0 Å². The summed E-state index contributed by atoms with van der Waals surface area (Å²) in [6.45, 7) is 8.47. The summed E-state index contributed by atoms with van der Waals surface area (Å²) >= 11 is 1.76. The number of aromatic nitrogens is 1. The third-order valence-electron chi connectivity index (χ3n) is 2.82. The minimum atomic E-state index is 0.169. The number of fused-ring (bicyclic) bond motifs is 1. The van der Waals surface area contributed by atoms with Crippen LogP contribution >= 0.6 is 11.3 Å². The average Bonchev–Trinajstić information content (AvgIpc) is 2.74. The number of thiophene rings is 1. The van der Waals surface area contributed by atoms with E-state index in [0.29, 0.717) is 0 Å². The highest BCUT2D eigenvalue weighted by atomic mass is 32.1. The fourth-order valence-electron chi connectivity index (χ4n) is 1.89.